The molecule has 0 aromatic carbocycles. The van der Waals surface area contributed by atoms with Gasteiger partial charge in [-0.25, -0.2) is 0 Å². The van der Waals surface area contributed by atoms with Gasteiger partial charge in [-0.2, -0.15) is 0 Å². The standard InChI is InChI=1S/C71H120O5/c1-3-5-7-9-11-13-15-17-19-21-23-25-27-28-29-30-31-32-33-34-35-36-37-38-39-40-41-42-44-45-47-49-51-53-55-57-59-61-63-65-70(73)75-68-69(67-72)76-71(74)66-64-62-60-58-56-54-52-50-48-46-43-26-24-22-20-18-16-14-12-10-8-6-4-2/h6,8,12,14-15,17-18,20-21,23-24,26-28,46,48,52,54,58,60,69,72H,3-5,7,9-11,13,16,19,22,25,29-45,47,49-51,53,55-57,59,61-68H2,1-2H3/b8-6-,14-12-,17-15-,20-18-,23-21-,26-24-,28-27-,48-46-,54-52-,60-58-. The molecule has 1 atom stereocenters. The van der Waals surface area contributed by atoms with E-state index in [4.69, 9.17) is 9.47 Å². The predicted molar refractivity (Wildman–Crippen MR) is 334 cm³/mol. The van der Waals surface area contributed by atoms with Crippen molar-refractivity contribution in [1.82, 2.24) is 0 Å². The third kappa shape index (κ3) is 62.8. The van der Waals surface area contributed by atoms with E-state index in [0.717, 1.165) is 83.5 Å². The van der Waals surface area contributed by atoms with Crippen molar-refractivity contribution in [3.63, 3.8) is 0 Å². The van der Waals surface area contributed by atoms with Crippen molar-refractivity contribution in [3.8, 4) is 0 Å². The van der Waals surface area contributed by atoms with E-state index in [-0.39, 0.29) is 31.6 Å². The van der Waals surface area contributed by atoms with Crippen molar-refractivity contribution in [2.45, 2.75) is 302 Å². The van der Waals surface area contributed by atoms with Gasteiger partial charge in [0, 0.05) is 12.8 Å². The van der Waals surface area contributed by atoms with E-state index in [9.17, 15) is 14.7 Å². The average molecular weight is 1050 g/mol. The summed E-state index contributed by atoms with van der Waals surface area (Å²) in [6.07, 6.45) is 96.5. The zero-order valence-electron chi connectivity index (χ0n) is 49.7. The van der Waals surface area contributed by atoms with Crippen LogP contribution in [0.25, 0.3) is 0 Å². The number of esters is 2. The van der Waals surface area contributed by atoms with Gasteiger partial charge in [-0.3, -0.25) is 9.59 Å². The highest BCUT2D eigenvalue weighted by atomic mass is 16.6. The second kappa shape index (κ2) is 65.6. The molecular weight excluding hydrogens is 933 g/mol. The molecule has 0 aliphatic carbocycles. The molecule has 0 amide bonds. The van der Waals surface area contributed by atoms with E-state index >= 15 is 0 Å². The van der Waals surface area contributed by atoms with Crippen LogP contribution >= 0.6 is 0 Å². The maximum absolute atomic E-state index is 12.3. The van der Waals surface area contributed by atoms with E-state index in [2.05, 4.69) is 135 Å². The first-order chi connectivity index (χ1) is 37.6. The number of rotatable bonds is 58. The Balaban J connectivity index is 3.50. The minimum absolute atomic E-state index is 0.0933. The molecule has 76 heavy (non-hydrogen) atoms. The molecule has 0 radical (unpaired) electrons. The van der Waals surface area contributed by atoms with Crippen molar-refractivity contribution < 1.29 is 24.2 Å². The minimum Gasteiger partial charge on any atom is -0.462 e. The third-order valence-electron chi connectivity index (χ3n) is 13.7. The van der Waals surface area contributed by atoms with Gasteiger partial charge in [0.2, 0.25) is 0 Å². The van der Waals surface area contributed by atoms with E-state index in [1.165, 1.54) is 180 Å². The number of allylic oxidation sites excluding steroid dienone is 20. The molecule has 0 saturated carbocycles. The van der Waals surface area contributed by atoms with Crippen LogP contribution in [-0.4, -0.2) is 36.4 Å². The van der Waals surface area contributed by atoms with Crippen molar-refractivity contribution in [3.05, 3.63) is 122 Å². The molecule has 0 rings (SSSR count). The number of aliphatic hydroxyl groups excluding tert-OH is 1. The molecule has 1 unspecified atom stereocenters. The molecular formula is C71H120O5. The number of unbranched alkanes of at least 4 members (excludes halogenated alkanes) is 30. The summed E-state index contributed by atoms with van der Waals surface area (Å²) in [5.41, 5.74) is 0. The fourth-order valence-corrected chi connectivity index (χ4v) is 8.97. The van der Waals surface area contributed by atoms with Gasteiger partial charge in [0.1, 0.15) is 6.61 Å². The lowest BCUT2D eigenvalue weighted by molar-refractivity contribution is -0.161. The topological polar surface area (TPSA) is 72.8 Å². The van der Waals surface area contributed by atoms with E-state index < -0.39 is 6.10 Å². The first-order valence-corrected chi connectivity index (χ1v) is 32.1. The van der Waals surface area contributed by atoms with Crippen LogP contribution in [-0.2, 0) is 19.1 Å². The molecule has 0 saturated heterocycles. The smallest absolute Gasteiger partial charge is 0.306 e. The Hall–Kier alpha value is -3.70. The van der Waals surface area contributed by atoms with Crippen molar-refractivity contribution >= 4 is 11.9 Å². The van der Waals surface area contributed by atoms with Crippen molar-refractivity contribution in [2.75, 3.05) is 13.2 Å². The molecule has 0 bridgehead atoms. The lowest BCUT2D eigenvalue weighted by Gasteiger charge is -2.15. The van der Waals surface area contributed by atoms with E-state index in [1.807, 2.05) is 0 Å². The second-order valence-corrected chi connectivity index (χ2v) is 21.1. The van der Waals surface area contributed by atoms with Crippen molar-refractivity contribution in [2.24, 2.45) is 0 Å². The van der Waals surface area contributed by atoms with Gasteiger partial charge in [-0.15, -0.1) is 0 Å². The summed E-state index contributed by atoms with van der Waals surface area (Å²) in [5, 5.41) is 9.66. The largest absolute Gasteiger partial charge is 0.462 e. The fraction of sp³-hybridized carbons (Fsp3) is 0.690. The van der Waals surface area contributed by atoms with Crippen LogP contribution in [0.4, 0.5) is 0 Å². The van der Waals surface area contributed by atoms with Gasteiger partial charge < -0.3 is 14.6 Å². The van der Waals surface area contributed by atoms with E-state index in [1.54, 1.807) is 0 Å². The highest BCUT2D eigenvalue weighted by molar-refractivity contribution is 5.70. The summed E-state index contributed by atoms with van der Waals surface area (Å²) in [5.74, 6) is -0.658. The van der Waals surface area contributed by atoms with Gasteiger partial charge in [0.15, 0.2) is 6.10 Å². The zero-order chi connectivity index (χ0) is 54.8. The molecule has 0 spiro atoms. The summed E-state index contributed by atoms with van der Waals surface area (Å²) >= 11 is 0. The minimum atomic E-state index is -0.810. The SMILES string of the molecule is CC/C=C\C/C=C\C/C=C\C/C=C\C/C=C\C/C=C\C/C=C\CCCC(=O)OC(CO)COC(=O)CCCCCCCCCCCCCCCCCCCCCCCCCC/C=C\C/C=C\C/C=C\CCCCCCC. The fourth-order valence-electron chi connectivity index (χ4n) is 8.97. The highest BCUT2D eigenvalue weighted by Crippen LogP contribution is 2.17. The van der Waals surface area contributed by atoms with Crippen LogP contribution < -0.4 is 0 Å². The molecule has 0 heterocycles. The molecule has 1 N–H and O–H groups in total. The maximum atomic E-state index is 12.3. The zero-order valence-corrected chi connectivity index (χ0v) is 49.7. The maximum Gasteiger partial charge on any atom is 0.306 e. The molecule has 0 fully saturated rings. The molecule has 0 aliphatic heterocycles. The Morgan fingerprint density at radius 2 is 0.579 bits per heavy atom. The number of ether oxygens (including phenoxy) is 2. The number of carbonyl (C=O) groups is 2. The summed E-state index contributed by atoms with van der Waals surface area (Å²) < 4.78 is 10.7. The quantitative estimate of drug-likeness (QED) is 0.0373. The van der Waals surface area contributed by atoms with Gasteiger partial charge in [-0.05, 0) is 103 Å². The second-order valence-electron chi connectivity index (χ2n) is 21.1. The van der Waals surface area contributed by atoms with Crippen molar-refractivity contribution in [1.29, 1.82) is 0 Å². The number of carbonyl (C=O) groups excluding carboxylic acids is 2. The summed E-state index contributed by atoms with van der Waals surface area (Å²) in [4.78, 5) is 24.5. The molecule has 434 valence electrons. The van der Waals surface area contributed by atoms with Crippen LogP contribution in [0.15, 0.2) is 122 Å². The Labute approximate surface area is 471 Å². The van der Waals surface area contributed by atoms with Gasteiger partial charge >= 0.3 is 11.9 Å². The first kappa shape index (κ1) is 72.3. The average Bonchev–Trinajstić information content (AvgIpc) is 3.42. The van der Waals surface area contributed by atoms with Crippen LogP contribution in [0.3, 0.4) is 0 Å². The Bertz CT molecular complexity index is 1520. The van der Waals surface area contributed by atoms with Gasteiger partial charge in [0.25, 0.3) is 0 Å². The number of hydrogen-bond acceptors (Lipinski definition) is 5. The highest BCUT2D eigenvalue weighted by Gasteiger charge is 2.16. The Morgan fingerprint density at radius 1 is 0.316 bits per heavy atom. The normalized spacial score (nSPS) is 13.0. The lowest BCUT2D eigenvalue weighted by Crippen LogP contribution is -2.28. The van der Waals surface area contributed by atoms with Crippen LogP contribution in [0, 0.1) is 0 Å². The molecule has 5 heteroatoms. The molecule has 0 aromatic rings. The van der Waals surface area contributed by atoms with Crippen LogP contribution in [0.1, 0.15) is 296 Å². The number of aliphatic hydroxyl groups is 1. The molecule has 0 aromatic heterocycles. The Kier molecular flexibility index (Phi) is 62.4. The van der Waals surface area contributed by atoms with Gasteiger partial charge in [0.05, 0.1) is 6.61 Å². The van der Waals surface area contributed by atoms with Crippen LogP contribution in [0.5, 0.6) is 0 Å². The summed E-state index contributed by atoms with van der Waals surface area (Å²) in [6, 6.07) is 0. The number of hydrogen-bond donors (Lipinski definition) is 1. The Morgan fingerprint density at radius 3 is 0.895 bits per heavy atom. The predicted octanol–water partition coefficient (Wildman–Crippen LogP) is 22.2. The van der Waals surface area contributed by atoms with Crippen LogP contribution in [0.2, 0.25) is 0 Å². The summed E-state index contributed by atoms with van der Waals surface area (Å²) in [6.45, 7) is 3.98. The lowest BCUT2D eigenvalue weighted by atomic mass is 10.0. The third-order valence-corrected chi connectivity index (χ3v) is 13.7. The molecule has 0 aliphatic rings. The molecule has 5 nitrogen and oxygen atoms in total. The summed E-state index contributed by atoms with van der Waals surface area (Å²) in [7, 11) is 0. The monoisotopic (exact) mass is 1050 g/mol. The van der Waals surface area contributed by atoms with E-state index in [0.29, 0.717) is 12.8 Å². The van der Waals surface area contributed by atoms with Gasteiger partial charge in [-0.1, -0.05) is 302 Å². The first-order valence-electron chi connectivity index (χ1n) is 32.1.